The number of morpholine rings is 1. The Morgan fingerprint density at radius 1 is 1.45 bits per heavy atom. The summed E-state index contributed by atoms with van der Waals surface area (Å²) in [6.07, 6.45) is 4.53. The highest BCUT2D eigenvalue weighted by molar-refractivity contribution is 5.68. The largest absolute Gasteiger partial charge is 0.444 e. The number of nitrogens with zero attached hydrogens (tertiary/aromatic N) is 1. The van der Waals surface area contributed by atoms with Gasteiger partial charge in [0.1, 0.15) is 5.60 Å². The van der Waals surface area contributed by atoms with E-state index in [0.29, 0.717) is 19.8 Å². The van der Waals surface area contributed by atoms with Crippen LogP contribution in [0, 0.1) is 5.92 Å². The molecule has 2 unspecified atom stereocenters. The molecule has 1 saturated carbocycles. The first-order valence-electron chi connectivity index (χ1n) is 7.70. The minimum absolute atomic E-state index is 0.0246. The zero-order valence-corrected chi connectivity index (χ0v) is 12.9. The molecule has 2 aliphatic rings. The molecule has 1 aliphatic heterocycles. The number of rotatable bonds is 4. The Bertz CT molecular complexity index is 337. The maximum atomic E-state index is 12.3. The molecule has 1 aliphatic carbocycles. The van der Waals surface area contributed by atoms with E-state index < -0.39 is 5.60 Å². The summed E-state index contributed by atoms with van der Waals surface area (Å²) in [5, 5.41) is 0. The molecular weight excluding hydrogens is 256 g/mol. The number of hydrogen-bond acceptors (Lipinski definition) is 4. The lowest BCUT2D eigenvalue weighted by molar-refractivity contribution is -0.0386. The van der Waals surface area contributed by atoms with Crippen molar-refractivity contribution in [3.8, 4) is 0 Å². The molecular formula is C15H28N2O3. The normalized spacial score (nSPS) is 25.4. The molecule has 0 bridgehead atoms. The smallest absolute Gasteiger partial charge is 0.410 e. The van der Waals surface area contributed by atoms with Crippen molar-refractivity contribution < 1.29 is 14.3 Å². The van der Waals surface area contributed by atoms with Gasteiger partial charge in [-0.2, -0.15) is 0 Å². The predicted octanol–water partition coefficient (Wildman–Crippen LogP) is 2.14. The molecule has 5 heteroatoms. The molecule has 116 valence electrons. The standard InChI is InChI=1S/C15H28N2O3/c1-15(2,3)20-14(18)17-8-9-19-10-13(17)12(16)7-6-11-4-5-11/h11-13H,4-10,16H2,1-3H3. The van der Waals surface area contributed by atoms with Gasteiger partial charge in [-0.1, -0.05) is 12.8 Å². The third-order valence-electron chi connectivity index (χ3n) is 3.89. The van der Waals surface area contributed by atoms with Crippen LogP contribution in [0.4, 0.5) is 4.79 Å². The average molecular weight is 284 g/mol. The van der Waals surface area contributed by atoms with E-state index in [1.54, 1.807) is 4.90 Å². The first kappa shape index (κ1) is 15.6. The van der Waals surface area contributed by atoms with Crippen LogP contribution in [0.1, 0.15) is 46.5 Å². The van der Waals surface area contributed by atoms with Crippen molar-refractivity contribution in [2.75, 3.05) is 19.8 Å². The lowest BCUT2D eigenvalue weighted by Gasteiger charge is -2.39. The molecule has 5 nitrogen and oxygen atoms in total. The van der Waals surface area contributed by atoms with E-state index >= 15 is 0 Å². The summed E-state index contributed by atoms with van der Waals surface area (Å²) in [6.45, 7) is 7.29. The second-order valence-electron chi connectivity index (χ2n) is 7.00. The minimum atomic E-state index is -0.474. The maximum Gasteiger partial charge on any atom is 0.410 e. The Hall–Kier alpha value is -0.810. The van der Waals surface area contributed by atoms with Crippen molar-refractivity contribution in [1.82, 2.24) is 4.90 Å². The fourth-order valence-corrected chi connectivity index (χ4v) is 2.55. The van der Waals surface area contributed by atoms with E-state index in [-0.39, 0.29) is 18.2 Å². The number of carbonyl (C=O) groups is 1. The van der Waals surface area contributed by atoms with Crippen LogP contribution in [0.5, 0.6) is 0 Å². The Kier molecular flexibility index (Phi) is 4.91. The first-order chi connectivity index (χ1) is 9.37. The second-order valence-corrected chi connectivity index (χ2v) is 7.00. The summed E-state index contributed by atoms with van der Waals surface area (Å²) in [6, 6.07) is -0.0826. The van der Waals surface area contributed by atoms with Gasteiger partial charge in [0, 0.05) is 12.6 Å². The van der Waals surface area contributed by atoms with E-state index in [2.05, 4.69) is 0 Å². The number of hydrogen-bond donors (Lipinski definition) is 1. The lowest BCUT2D eigenvalue weighted by atomic mass is 10.0. The fraction of sp³-hybridized carbons (Fsp3) is 0.933. The van der Waals surface area contributed by atoms with Crippen LogP contribution in [0.2, 0.25) is 0 Å². The van der Waals surface area contributed by atoms with Crippen LogP contribution in [-0.4, -0.2) is 48.4 Å². The Balaban J connectivity index is 1.90. The van der Waals surface area contributed by atoms with Gasteiger partial charge in [0.15, 0.2) is 0 Å². The molecule has 1 heterocycles. The zero-order valence-electron chi connectivity index (χ0n) is 12.9. The number of ether oxygens (including phenoxy) is 2. The maximum absolute atomic E-state index is 12.3. The fourth-order valence-electron chi connectivity index (χ4n) is 2.55. The van der Waals surface area contributed by atoms with Crippen LogP contribution < -0.4 is 5.73 Å². The quantitative estimate of drug-likeness (QED) is 0.859. The topological polar surface area (TPSA) is 64.8 Å². The number of carbonyl (C=O) groups excluding carboxylic acids is 1. The summed E-state index contributed by atoms with van der Waals surface area (Å²) in [4.78, 5) is 14.0. The van der Waals surface area contributed by atoms with Gasteiger partial charge in [-0.3, -0.25) is 4.90 Å². The molecule has 0 radical (unpaired) electrons. The third kappa shape index (κ3) is 4.63. The van der Waals surface area contributed by atoms with Crippen molar-refractivity contribution >= 4 is 6.09 Å². The van der Waals surface area contributed by atoms with Gasteiger partial charge in [0.25, 0.3) is 0 Å². The van der Waals surface area contributed by atoms with Crippen molar-refractivity contribution in [2.45, 2.75) is 64.1 Å². The van der Waals surface area contributed by atoms with Gasteiger partial charge in [0.2, 0.25) is 0 Å². The lowest BCUT2D eigenvalue weighted by Crippen LogP contribution is -2.57. The van der Waals surface area contributed by atoms with Gasteiger partial charge >= 0.3 is 6.09 Å². The SMILES string of the molecule is CC(C)(C)OC(=O)N1CCOCC1C(N)CCC1CC1. The summed E-state index contributed by atoms with van der Waals surface area (Å²) in [5.74, 6) is 0.862. The van der Waals surface area contributed by atoms with Crippen LogP contribution in [0.3, 0.4) is 0 Å². The van der Waals surface area contributed by atoms with Crippen LogP contribution in [-0.2, 0) is 9.47 Å². The molecule has 2 N–H and O–H groups in total. The summed E-state index contributed by atoms with van der Waals surface area (Å²) >= 11 is 0. The molecule has 2 fully saturated rings. The van der Waals surface area contributed by atoms with Crippen molar-refractivity contribution in [3.63, 3.8) is 0 Å². The van der Waals surface area contributed by atoms with Gasteiger partial charge in [-0.15, -0.1) is 0 Å². The summed E-state index contributed by atoms with van der Waals surface area (Å²) < 4.78 is 11.0. The van der Waals surface area contributed by atoms with E-state index in [4.69, 9.17) is 15.2 Å². The van der Waals surface area contributed by atoms with E-state index in [9.17, 15) is 4.79 Å². The van der Waals surface area contributed by atoms with Crippen molar-refractivity contribution in [1.29, 1.82) is 0 Å². The highest BCUT2D eigenvalue weighted by atomic mass is 16.6. The van der Waals surface area contributed by atoms with Gasteiger partial charge in [-0.25, -0.2) is 4.79 Å². The molecule has 0 spiro atoms. The van der Waals surface area contributed by atoms with Gasteiger partial charge < -0.3 is 15.2 Å². The monoisotopic (exact) mass is 284 g/mol. The first-order valence-corrected chi connectivity index (χ1v) is 7.70. The Morgan fingerprint density at radius 2 is 2.15 bits per heavy atom. The molecule has 20 heavy (non-hydrogen) atoms. The Morgan fingerprint density at radius 3 is 2.75 bits per heavy atom. The van der Waals surface area contributed by atoms with Crippen LogP contribution in [0.15, 0.2) is 0 Å². The van der Waals surface area contributed by atoms with Gasteiger partial charge in [0.05, 0.1) is 19.3 Å². The predicted molar refractivity (Wildman–Crippen MR) is 77.5 cm³/mol. The van der Waals surface area contributed by atoms with E-state index in [1.165, 1.54) is 19.3 Å². The third-order valence-corrected chi connectivity index (χ3v) is 3.89. The number of amides is 1. The molecule has 1 saturated heterocycles. The molecule has 0 aromatic heterocycles. The van der Waals surface area contributed by atoms with Gasteiger partial charge in [-0.05, 0) is 39.5 Å². The minimum Gasteiger partial charge on any atom is -0.444 e. The van der Waals surface area contributed by atoms with E-state index in [0.717, 1.165) is 12.3 Å². The molecule has 0 aromatic carbocycles. The molecule has 2 rings (SSSR count). The molecule has 2 atom stereocenters. The second kappa shape index (κ2) is 6.31. The van der Waals surface area contributed by atoms with E-state index in [1.807, 2.05) is 20.8 Å². The average Bonchev–Trinajstić information content (AvgIpc) is 3.18. The Labute approximate surface area is 121 Å². The number of nitrogens with two attached hydrogens (primary N) is 1. The van der Waals surface area contributed by atoms with Crippen molar-refractivity contribution in [2.24, 2.45) is 11.7 Å². The summed E-state index contributed by atoms with van der Waals surface area (Å²) in [7, 11) is 0. The van der Waals surface area contributed by atoms with Crippen LogP contribution in [0.25, 0.3) is 0 Å². The van der Waals surface area contributed by atoms with Crippen LogP contribution >= 0.6 is 0 Å². The molecule has 0 aromatic rings. The molecule has 1 amide bonds. The summed E-state index contributed by atoms with van der Waals surface area (Å²) in [5.41, 5.74) is 5.81. The zero-order chi connectivity index (χ0) is 14.8. The highest BCUT2D eigenvalue weighted by Crippen LogP contribution is 2.34. The highest BCUT2D eigenvalue weighted by Gasteiger charge is 2.35. The van der Waals surface area contributed by atoms with Crippen molar-refractivity contribution in [3.05, 3.63) is 0 Å².